The molecule has 6 heteroatoms. The van der Waals surface area contributed by atoms with Crippen LogP contribution in [0.25, 0.3) is 0 Å². The Labute approximate surface area is 106 Å². The van der Waals surface area contributed by atoms with Crippen LogP contribution in [-0.4, -0.2) is 36.5 Å². The summed E-state index contributed by atoms with van der Waals surface area (Å²) in [6.45, 7) is 0.715. The molecule has 3 N–H and O–H groups in total. The number of hydrogen-bond donors (Lipinski definition) is 2. The molecule has 0 aliphatic carbocycles. The Morgan fingerprint density at radius 3 is 2.94 bits per heavy atom. The van der Waals surface area contributed by atoms with Crippen LogP contribution in [0.3, 0.4) is 0 Å². The molecule has 0 aliphatic heterocycles. The zero-order valence-corrected chi connectivity index (χ0v) is 10.8. The Bertz CT molecular complexity index is 422. The fraction of sp³-hybridized carbons (Fsp3) is 0.364. The molecule has 0 atom stereocenters. The number of anilines is 1. The summed E-state index contributed by atoms with van der Waals surface area (Å²) < 4.78 is 0. The summed E-state index contributed by atoms with van der Waals surface area (Å²) in [4.78, 5) is 17.9. The zero-order chi connectivity index (χ0) is 12.8. The van der Waals surface area contributed by atoms with Crippen molar-refractivity contribution in [3.05, 3.63) is 24.0 Å². The van der Waals surface area contributed by atoms with Crippen LogP contribution >= 0.6 is 12.2 Å². The maximum atomic E-state index is 11.4. The number of rotatable bonds is 5. The Hall–Kier alpha value is -1.69. The molecule has 1 amide bonds. The highest BCUT2D eigenvalue weighted by molar-refractivity contribution is 7.80. The monoisotopic (exact) mass is 252 g/mol. The van der Waals surface area contributed by atoms with Crippen LogP contribution in [0.4, 0.5) is 5.69 Å². The van der Waals surface area contributed by atoms with E-state index in [2.05, 4.69) is 10.3 Å². The number of carbonyl (C=O) groups excluding carboxylic acids is 1. The average Bonchev–Trinajstić information content (AvgIpc) is 2.35. The molecule has 0 saturated carbocycles. The van der Waals surface area contributed by atoms with Crippen molar-refractivity contribution in [3.8, 4) is 0 Å². The van der Waals surface area contributed by atoms with E-state index in [1.165, 1.54) is 0 Å². The third-order valence-electron chi connectivity index (χ3n) is 2.34. The number of pyridine rings is 1. The van der Waals surface area contributed by atoms with Gasteiger partial charge in [-0.05, 0) is 12.1 Å². The lowest BCUT2D eigenvalue weighted by molar-refractivity contribution is 0.0958. The molecule has 0 unspecified atom stereocenters. The molecule has 92 valence electrons. The largest absolute Gasteiger partial charge is 0.393 e. The van der Waals surface area contributed by atoms with E-state index in [1.54, 1.807) is 19.3 Å². The normalized spacial score (nSPS) is 9.76. The average molecular weight is 252 g/mol. The van der Waals surface area contributed by atoms with E-state index in [0.29, 0.717) is 23.6 Å². The third kappa shape index (κ3) is 3.99. The highest BCUT2D eigenvalue weighted by Crippen LogP contribution is 2.13. The molecule has 0 bridgehead atoms. The van der Waals surface area contributed by atoms with Crippen molar-refractivity contribution in [2.24, 2.45) is 5.73 Å². The fourth-order valence-corrected chi connectivity index (χ4v) is 1.41. The van der Waals surface area contributed by atoms with Gasteiger partial charge in [0.25, 0.3) is 5.91 Å². The minimum absolute atomic E-state index is 0.199. The van der Waals surface area contributed by atoms with E-state index >= 15 is 0 Å². The van der Waals surface area contributed by atoms with Crippen molar-refractivity contribution >= 4 is 28.8 Å². The second-order valence-electron chi connectivity index (χ2n) is 3.62. The molecular weight excluding hydrogens is 236 g/mol. The summed E-state index contributed by atoms with van der Waals surface area (Å²) in [6, 6.07) is 3.57. The number of hydrogen-bond acceptors (Lipinski definition) is 4. The molecule has 0 saturated heterocycles. The Morgan fingerprint density at radius 1 is 1.65 bits per heavy atom. The second-order valence-corrected chi connectivity index (χ2v) is 4.14. The van der Waals surface area contributed by atoms with Gasteiger partial charge in [0.15, 0.2) is 0 Å². The topological polar surface area (TPSA) is 71.2 Å². The molecule has 17 heavy (non-hydrogen) atoms. The highest BCUT2D eigenvalue weighted by Gasteiger charge is 2.07. The van der Waals surface area contributed by atoms with E-state index in [-0.39, 0.29) is 5.91 Å². The minimum atomic E-state index is -0.199. The molecule has 0 aliphatic rings. The molecular formula is C11H16N4OS. The maximum absolute atomic E-state index is 11.4. The molecule has 1 aromatic heterocycles. The third-order valence-corrected chi connectivity index (χ3v) is 2.54. The van der Waals surface area contributed by atoms with Gasteiger partial charge in [0, 0.05) is 38.9 Å². The molecule has 1 heterocycles. The lowest BCUT2D eigenvalue weighted by Crippen LogP contribution is -2.24. The van der Waals surface area contributed by atoms with Gasteiger partial charge < -0.3 is 16.0 Å². The maximum Gasteiger partial charge on any atom is 0.269 e. The summed E-state index contributed by atoms with van der Waals surface area (Å²) in [5.41, 5.74) is 6.75. The summed E-state index contributed by atoms with van der Waals surface area (Å²) in [7, 11) is 3.49. The van der Waals surface area contributed by atoms with E-state index < -0.39 is 0 Å². The number of nitrogens with two attached hydrogens (primary N) is 1. The number of thiocarbonyl (C=S) groups is 1. The lowest BCUT2D eigenvalue weighted by atomic mass is 10.2. The van der Waals surface area contributed by atoms with E-state index in [4.69, 9.17) is 18.0 Å². The first-order chi connectivity index (χ1) is 8.04. The van der Waals surface area contributed by atoms with Gasteiger partial charge in [0.1, 0.15) is 5.69 Å². The number of nitrogens with zero attached hydrogens (tertiary/aromatic N) is 2. The van der Waals surface area contributed by atoms with Gasteiger partial charge in [-0.3, -0.25) is 9.78 Å². The van der Waals surface area contributed by atoms with Crippen LogP contribution in [-0.2, 0) is 0 Å². The van der Waals surface area contributed by atoms with Crippen molar-refractivity contribution in [2.75, 3.05) is 25.5 Å². The van der Waals surface area contributed by atoms with Gasteiger partial charge in [0.05, 0.1) is 4.99 Å². The van der Waals surface area contributed by atoms with Crippen LogP contribution in [0.2, 0.25) is 0 Å². The van der Waals surface area contributed by atoms with Crippen LogP contribution in [0, 0.1) is 0 Å². The lowest BCUT2D eigenvalue weighted by Gasteiger charge is -2.19. The molecule has 0 aromatic carbocycles. The van der Waals surface area contributed by atoms with E-state index in [0.717, 1.165) is 5.69 Å². The van der Waals surface area contributed by atoms with Crippen LogP contribution in [0.1, 0.15) is 16.9 Å². The first-order valence-corrected chi connectivity index (χ1v) is 5.63. The molecule has 1 rings (SSSR count). The van der Waals surface area contributed by atoms with E-state index in [1.807, 2.05) is 18.0 Å². The predicted octanol–water partition coefficient (Wildman–Crippen LogP) is 0.554. The predicted molar refractivity (Wildman–Crippen MR) is 72.3 cm³/mol. The Kier molecular flexibility index (Phi) is 4.84. The standard InChI is InChI=1S/C11H16N4OS/c1-13-11(16)9-7-8(3-5-14-9)15(2)6-4-10(12)17/h3,5,7H,4,6H2,1-2H3,(H2,12,17)(H,13,16). The van der Waals surface area contributed by atoms with Crippen molar-refractivity contribution in [3.63, 3.8) is 0 Å². The first-order valence-electron chi connectivity index (χ1n) is 5.22. The van der Waals surface area contributed by atoms with Crippen molar-refractivity contribution in [1.82, 2.24) is 10.3 Å². The first kappa shape index (κ1) is 13.4. The summed E-state index contributed by atoms with van der Waals surface area (Å²) in [6.07, 6.45) is 2.25. The summed E-state index contributed by atoms with van der Waals surface area (Å²) >= 11 is 4.82. The van der Waals surface area contributed by atoms with Crippen LogP contribution in [0.15, 0.2) is 18.3 Å². The van der Waals surface area contributed by atoms with Crippen molar-refractivity contribution < 1.29 is 4.79 Å². The smallest absolute Gasteiger partial charge is 0.269 e. The van der Waals surface area contributed by atoms with E-state index in [9.17, 15) is 4.79 Å². The Balaban J connectivity index is 2.76. The number of carbonyl (C=O) groups is 1. The second kappa shape index (κ2) is 6.15. The molecule has 1 aromatic rings. The quantitative estimate of drug-likeness (QED) is 0.749. The number of aromatic nitrogens is 1. The zero-order valence-electron chi connectivity index (χ0n) is 9.93. The number of amides is 1. The highest BCUT2D eigenvalue weighted by atomic mass is 32.1. The number of nitrogens with one attached hydrogen (secondary N) is 1. The molecule has 0 radical (unpaired) electrons. The fourth-order valence-electron chi connectivity index (χ4n) is 1.32. The summed E-state index contributed by atoms with van der Waals surface area (Å²) in [5, 5.41) is 2.54. The van der Waals surface area contributed by atoms with Gasteiger partial charge in [-0.2, -0.15) is 0 Å². The van der Waals surface area contributed by atoms with Crippen molar-refractivity contribution in [1.29, 1.82) is 0 Å². The van der Waals surface area contributed by atoms with Gasteiger partial charge >= 0.3 is 0 Å². The van der Waals surface area contributed by atoms with Crippen LogP contribution in [0.5, 0.6) is 0 Å². The minimum Gasteiger partial charge on any atom is -0.393 e. The molecule has 5 nitrogen and oxygen atoms in total. The summed E-state index contributed by atoms with van der Waals surface area (Å²) in [5.74, 6) is -0.199. The van der Waals surface area contributed by atoms with Gasteiger partial charge in [0.2, 0.25) is 0 Å². The molecule has 0 spiro atoms. The Morgan fingerprint density at radius 2 is 2.35 bits per heavy atom. The van der Waals surface area contributed by atoms with Gasteiger partial charge in [-0.25, -0.2) is 0 Å². The van der Waals surface area contributed by atoms with Crippen molar-refractivity contribution in [2.45, 2.75) is 6.42 Å². The van der Waals surface area contributed by atoms with Gasteiger partial charge in [-0.1, -0.05) is 12.2 Å². The van der Waals surface area contributed by atoms with Crippen LogP contribution < -0.4 is 16.0 Å². The molecule has 0 fully saturated rings. The SMILES string of the molecule is CNC(=O)c1cc(N(C)CCC(N)=S)ccn1. The van der Waals surface area contributed by atoms with Gasteiger partial charge in [-0.15, -0.1) is 0 Å².